The molecular weight excluding hydrogens is 451 g/mol. The van der Waals surface area contributed by atoms with Crippen LogP contribution in [0.25, 0.3) is 22.8 Å². The summed E-state index contributed by atoms with van der Waals surface area (Å²) < 4.78 is 45.3. The number of alkyl halides is 3. The summed E-state index contributed by atoms with van der Waals surface area (Å²) in [6, 6.07) is 8.86. The highest BCUT2D eigenvalue weighted by Crippen LogP contribution is 2.35. The molecule has 0 bridgehead atoms. The van der Waals surface area contributed by atoms with Crippen molar-refractivity contribution in [3.8, 4) is 28.5 Å². The first-order valence-corrected chi connectivity index (χ1v) is 10.1. The first-order chi connectivity index (χ1) is 16.2. The SMILES string of the molecule is COC(=O)c1cc(-c2nc(-c3ccccc3O)nc(C3C=CC=CC3O)n2)cc(C(F)(F)F)c1. The van der Waals surface area contributed by atoms with Crippen molar-refractivity contribution >= 4 is 5.97 Å². The molecule has 34 heavy (non-hydrogen) atoms. The van der Waals surface area contributed by atoms with E-state index in [0.29, 0.717) is 6.07 Å². The highest BCUT2D eigenvalue weighted by atomic mass is 19.4. The van der Waals surface area contributed by atoms with Crippen molar-refractivity contribution in [2.24, 2.45) is 0 Å². The van der Waals surface area contributed by atoms with Gasteiger partial charge in [-0.3, -0.25) is 0 Å². The minimum atomic E-state index is -4.75. The Balaban J connectivity index is 1.96. The summed E-state index contributed by atoms with van der Waals surface area (Å²) in [5.74, 6) is -1.92. The second-order valence-electron chi connectivity index (χ2n) is 7.43. The quantitative estimate of drug-likeness (QED) is 0.550. The summed E-state index contributed by atoms with van der Waals surface area (Å²) in [4.78, 5) is 25.0. The van der Waals surface area contributed by atoms with Crippen LogP contribution in [0.4, 0.5) is 13.2 Å². The molecule has 10 heteroatoms. The molecule has 0 spiro atoms. The fourth-order valence-corrected chi connectivity index (χ4v) is 3.44. The number of allylic oxidation sites excluding steroid dienone is 2. The second-order valence-corrected chi connectivity index (χ2v) is 7.43. The van der Waals surface area contributed by atoms with E-state index in [9.17, 15) is 28.2 Å². The summed E-state index contributed by atoms with van der Waals surface area (Å²) in [6.07, 6.45) is 0.757. The van der Waals surface area contributed by atoms with Gasteiger partial charge in [0.05, 0.1) is 35.8 Å². The molecule has 2 aromatic carbocycles. The number of phenolic OH excluding ortho intramolecular Hbond substituents is 1. The predicted molar refractivity (Wildman–Crippen MR) is 116 cm³/mol. The summed E-state index contributed by atoms with van der Waals surface area (Å²) >= 11 is 0. The van der Waals surface area contributed by atoms with Crippen LogP contribution in [0.2, 0.25) is 0 Å². The van der Waals surface area contributed by atoms with Crippen LogP contribution in [0.15, 0.2) is 66.8 Å². The van der Waals surface area contributed by atoms with Crippen LogP contribution in [0.1, 0.15) is 27.7 Å². The van der Waals surface area contributed by atoms with Crippen molar-refractivity contribution < 1.29 is 32.9 Å². The number of ether oxygens (including phenoxy) is 1. The minimum Gasteiger partial charge on any atom is -0.507 e. The zero-order chi connectivity index (χ0) is 24.5. The fourth-order valence-electron chi connectivity index (χ4n) is 3.44. The number of aliphatic hydroxyl groups excluding tert-OH is 1. The molecule has 1 heterocycles. The van der Waals surface area contributed by atoms with Gasteiger partial charge in [0, 0.05) is 5.56 Å². The van der Waals surface area contributed by atoms with Gasteiger partial charge in [-0.2, -0.15) is 13.2 Å². The summed E-state index contributed by atoms with van der Waals surface area (Å²) in [5.41, 5.74) is -1.31. The standard InChI is InChI=1S/C24H18F3N3O4/c1-34-23(33)14-10-13(11-15(12-14)24(25,26)27)20-28-21(16-6-2-4-8-18(16)31)30-22(29-20)17-7-3-5-9-19(17)32/h2-12,16,18,31-32H,1H3. The number of esters is 1. The fraction of sp³-hybridized carbons (Fsp3) is 0.167. The zero-order valence-electron chi connectivity index (χ0n) is 17.7. The van der Waals surface area contributed by atoms with E-state index < -0.39 is 29.7 Å². The van der Waals surface area contributed by atoms with E-state index in [0.717, 1.165) is 13.2 Å². The van der Waals surface area contributed by atoms with Crippen LogP contribution in [-0.2, 0) is 10.9 Å². The van der Waals surface area contributed by atoms with E-state index >= 15 is 0 Å². The van der Waals surface area contributed by atoms with Crippen LogP contribution in [0.5, 0.6) is 5.75 Å². The van der Waals surface area contributed by atoms with Crippen LogP contribution < -0.4 is 0 Å². The monoisotopic (exact) mass is 469 g/mol. The number of aromatic nitrogens is 3. The van der Waals surface area contributed by atoms with E-state index in [4.69, 9.17) is 0 Å². The number of hydrogen-bond acceptors (Lipinski definition) is 7. The number of carbonyl (C=O) groups excluding carboxylic acids is 1. The molecule has 0 fully saturated rings. The Hall–Kier alpha value is -4.05. The van der Waals surface area contributed by atoms with Gasteiger partial charge in [-0.15, -0.1) is 0 Å². The van der Waals surface area contributed by atoms with Gasteiger partial charge in [0.1, 0.15) is 11.6 Å². The number of benzene rings is 2. The summed E-state index contributed by atoms with van der Waals surface area (Å²) in [5, 5.41) is 20.7. The zero-order valence-corrected chi connectivity index (χ0v) is 17.7. The van der Waals surface area contributed by atoms with Crippen molar-refractivity contribution in [1.29, 1.82) is 0 Å². The molecule has 2 unspecified atom stereocenters. The average molecular weight is 469 g/mol. The normalized spacial score (nSPS) is 17.6. The summed E-state index contributed by atoms with van der Waals surface area (Å²) in [6.45, 7) is 0. The Bertz CT molecular complexity index is 1300. The lowest BCUT2D eigenvalue weighted by Crippen LogP contribution is -2.19. The lowest BCUT2D eigenvalue weighted by Gasteiger charge is -2.19. The van der Waals surface area contributed by atoms with Gasteiger partial charge in [-0.1, -0.05) is 36.4 Å². The van der Waals surface area contributed by atoms with Gasteiger partial charge in [0.2, 0.25) is 0 Å². The molecule has 0 radical (unpaired) electrons. The molecule has 0 saturated heterocycles. The van der Waals surface area contributed by atoms with Crippen LogP contribution in [-0.4, -0.2) is 44.3 Å². The van der Waals surface area contributed by atoms with Gasteiger partial charge in [0.25, 0.3) is 0 Å². The highest BCUT2D eigenvalue weighted by Gasteiger charge is 2.33. The van der Waals surface area contributed by atoms with Gasteiger partial charge >= 0.3 is 12.1 Å². The molecule has 0 saturated carbocycles. The lowest BCUT2D eigenvalue weighted by atomic mass is 9.96. The molecule has 0 aliphatic heterocycles. The van der Waals surface area contributed by atoms with Crippen molar-refractivity contribution in [2.75, 3.05) is 7.11 Å². The Morgan fingerprint density at radius 1 is 1.00 bits per heavy atom. The lowest BCUT2D eigenvalue weighted by molar-refractivity contribution is -0.137. The third-order valence-corrected chi connectivity index (χ3v) is 5.14. The van der Waals surface area contributed by atoms with Crippen molar-refractivity contribution in [1.82, 2.24) is 15.0 Å². The van der Waals surface area contributed by atoms with Gasteiger partial charge in [-0.05, 0) is 30.3 Å². The topological polar surface area (TPSA) is 105 Å². The highest BCUT2D eigenvalue weighted by molar-refractivity contribution is 5.91. The number of carbonyl (C=O) groups is 1. The third-order valence-electron chi connectivity index (χ3n) is 5.14. The molecule has 174 valence electrons. The molecule has 1 aliphatic carbocycles. The van der Waals surface area contributed by atoms with E-state index in [1.165, 1.54) is 24.3 Å². The number of para-hydroxylation sites is 1. The number of phenols is 1. The molecule has 3 aromatic rings. The number of methoxy groups -OCH3 is 1. The van der Waals surface area contributed by atoms with Crippen molar-refractivity contribution in [3.05, 3.63) is 83.7 Å². The van der Waals surface area contributed by atoms with Crippen LogP contribution >= 0.6 is 0 Å². The molecule has 2 N–H and O–H groups in total. The van der Waals surface area contributed by atoms with Gasteiger partial charge in [0.15, 0.2) is 11.6 Å². The third kappa shape index (κ3) is 4.67. The second kappa shape index (κ2) is 9.06. The molecule has 0 amide bonds. The number of hydrogen-bond donors (Lipinski definition) is 2. The number of nitrogens with zero attached hydrogens (tertiary/aromatic N) is 3. The smallest absolute Gasteiger partial charge is 0.416 e. The number of rotatable bonds is 4. The average Bonchev–Trinajstić information content (AvgIpc) is 2.83. The van der Waals surface area contributed by atoms with E-state index in [1.54, 1.807) is 30.4 Å². The maximum Gasteiger partial charge on any atom is 0.416 e. The maximum absolute atomic E-state index is 13.6. The maximum atomic E-state index is 13.6. The number of aromatic hydroxyl groups is 1. The Labute approximate surface area is 191 Å². The van der Waals surface area contributed by atoms with E-state index in [1.807, 2.05) is 0 Å². The van der Waals surface area contributed by atoms with Gasteiger partial charge < -0.3 is 14.9 Å². The number of aliphatic hydroxyl groups is 1. The Morgan fingerprint density at radius 3 is 2.38 bits per heavy atom. The molecular formula is C24H18F3N3O4. The first kappa shape index (κ1) is 23.1. The van der Waals surface area contributed by atoms with E-state index in [2.05, 4.69) is 19.7 Å². The molecule has 1 aromatic heterocycles. The minimum absolute atomic E-state index is 0.00900. The van der Waals surface area contributed by atoms with Crippen molar-refractivity contribution in [3.63, 3.8) is 0 Å². The summed E-state index contributed by atoms with van der Waals surface area (Å²) in [7, 11) is 1.06. The van der Waals surface area contributed by atoms with Crippen LogP contribution in [0, 0.1) is 0 Å². The Morgan fingerprint density at radius 2 is 1.71 bits per heavy atom. The number of halogens is 3. The Kier molecular flexibility index (Phi) is 6.16. The molecule has 1 aliphatic rings. The first-order valence-electron chi connectivity index (χ1n) is 10.1. The van der Waals surface area contributed by atoms with E-state index in [-0.39, 0.29) is 39.9 Å². The van der Waals surface area contributed by atoms with Crippen molar-refractivity contribution in [2.45, 2.75) is 18.2 Å². The van der Waals surface area contributed by atoms with Crippen LogP contribution in [0.3, 0.4) is 0 Å². The molecule has 4 rings (SSSR count). The molecule has 7 nitrogen and oxygen atoms in total. The largest absolute Gasteiger partial charge is 0.507 e. The predicted octanol–water partition coefficient (Wildman–Crippen LogP) is 4.29. The molecule has 2 atom stereocenters. The van der Waals surface area contributed by atoms with Gasteiger partial charge in [-0.25, -0.2) is 19.7 Å².